The fourth-order valence-electron chi connectivity index (χ4n) is 2.41. The fourth-order valence-corrected chi connectivity index (χ4v) is 2.41. The van der Waals surface area contributed by atoms with Gasteiger partial charge < -0.3 is 24.8 Å². The maximum absolute atomic E-state index is 12.2. The van der Waals surface area contributed by atoms with Gasteiger partial charge in [0, 0.05) is 24.5 Å². The first-order chi connectivity index (χ1) is 13.1. The van der Waals surface area contributed by atoms with E-state index in [1.807, 2.05) is 13.8 Å². The monoisotopic (exact) mass is 372 g/mol. The number of amides is 1. The van der Waals surface area contributed by atoms with E-state index in [1.165, 1.54) is 0 Å². The van der Waals surface area contributed by atoms with Gasteiger partial charge in [-0.05, 0) is 38.1 Å². The van der Waals surface area contributed by atoms with Crippen molar-refractivity contribution < 1.29 is 23.8 Å². The molecule has 2 aromatic rings. The second kappa shape index (κ2) is 10.1. The number of nitrogens with one attached hydrogen (secondary N) is 2. The number of carbonyl (C=O) groups excluding carboxylic acids is 2. The summed E-state index contributed by atoms with van der Waals surface area (Å²) in [4.78, 5) is 24.3. The Bertz CT molecular complexity index is 792. The number of benzene rings is 2. The van der Waals surface area contributed by atoms with Crippen molar-refractivity contribution in [3.05, 3.63) is 48.0 Å². The summed E-state index contributed by atoms with van der Waals surface area (Å²) in [5, 5.41) is 5.59. The number of hydrogen-bond acceptors (Lipinski definition) is 6. The molecule has 0 fully saturated rings. The summed E-state index contributed by atoms with van der Waals surface area (Å²) < 4.78 is 16.1. The Morgan fingerprint density at radius 1 is 0.963 bits per heavy atom. The summed E-state index contributed by atoms with van der Waals surface area (Å²) in [6.07, 6.45) is 0. The van der Waals surface area contributed by atoms with Gasteiger partial charge in [0.1, 0.15) is 0 Å². The summed E-state index contributed by atoms with van der Waals surface area (Å²) in [6.45, 7) is 4.33. The van der Waals surface area contributed by atoms with E-state index < -0.39 is 18.5 Å². The fraction of sp³-hybridized carbons (Fsp3) is 0.300. The normalized spacial score (nSPS) is 10.0. The molecule has 0 radical (unpaired) electrons. The van der Waals surface area contributed by atoms with Gasteiger partial charge in [-0.2, -0.15) is 0 Å². The molecular weight excluding hydrogens is 348 g/mol. The SMILES string of the molecule is CCOc1ccc(NC(=O)COC(=O)c2ccccc2NC)cc1OCC. The third-order valence-electron chi connectivity index (χ3n) is 3.58. The molecule has 2 N–H and O–H groups in total. The van der Waals surface area contributed by atoms with Crippen LogP contribution in [0.25, 0.3) is 0 Å². The smallest absolute Gasteiger partial charge is 0.340 e. The Labute approximate surface area is 158 Å². The van der Waals surface area contributed by atoms with Crippen LogP contribution in [0.5, 0.6) is 11.5 Å². The third kappa shape index (κ3) is 5.64. The van der Waals surface area contributed by atoms with Gasteiger partial charge in [0.2, 0.25) is 0 Å². The molecule has 0 saturated carbocycles. The minimum absolute atomic E-state index is 0.368. The first-order valence-electron chi connectivity index (χ1n) is 8.72. The van der Waals surface area contributed by atoms with Crippen LogP contribution in [0.4, 0.5) is 11.4 Å². The lowest BCUT2D eigenvalue weighted by atomic mass is 10.2. The number of para-hydroxylation sites is 1. The highest BCUT2D eigenvalue weighted by Crippen LogP contribution is 2.30. The van der Waals surface area contributed by atoms with Crippen molar-refractivity contribution >= 4 is 23.3 Å². The molecule has 0 bridgehead atoms. The lowest BCUT2D eigenvalue weighted by Crippen LogP contribution is -2.21. The second-order valence-electron chi connectivity index (χ2n) is 5.45. The molecule has 0 heterocycles. The molecule has 2 aromatic carbocycles. The van der Waals surface area contributed by atoms with Gasteiger partial charge in [-0.25, -0.2) is 4.79 Å². The summed E-state index contributed by atoms with van der Waals surface area (Å²) in [7, 11) is 1.71. The van der Waals surface area contributed by atoms with Crippen molar-refractivity contribution in [2.45, 2.75) is 13.8 Å². The Morgan fingerprint density at radius 2 is 1.67 bits per heavy atom. The molecule has 27 heavy (non-hydrogen) atoms. The van der Waals surface area contributed by atoms with E-state index in [1.54, 1.807) is 49.5 Å². The largest absolute Gasteiger partial charge is 0.490 e. The number of carbonyl (C=O) groups is 2. The zero-order valence-corrected chi connectivity index (χ0v) is 15.7. The number of rotatable bonds is 9. The van der Waals surface area contributed by atoms with Gasteiger partial charge in [-0.1, -0.05) is 12.1 Å². The van der Waals surface area contributed by atoms with Crippen LogP contribution in [0, 0.1) is 0 Å². The van der Waals surface area contributed by atoms with Crippen LogP contribution in [-0.4, -0.2) is 38.7 Å². The molecule has 2 rings (SSSR count). The molecule has 7 heteroatoms. The van der Waals surface area contributed by atoms with Crippen molar-refractivity contribution in [3.8, 4) is 11.5 Å². The van der Waals surface area contributed by atoms with E-state index in [9.17, 15) is 9.59 Å². The summed E-state index contributed by atoms with van der Waals surface area (Å²) in [6, 6.07) is 12.0. The Balaban J connectivity index is 1.97. The molecule has 144 valence electrons. The summed E-state index contributed by atoms with van der Waals surface area (Å²) in [5.74, 6) is 0.123. The number of anilines is 2. The molecule has 0 aliphatic rings. The second-order valence-corrected chi connectivity index (χ2v) is 5.45. The van der Waals surface area contributed by atoms with E-state index in [2.05, 4.69) is 10.6 Å². The molecule has 0 atom stereocenters. The van der Waals surface area contributed by atoms with Gasteiger partial charge >= 0.3 is 5.97 Å². The van der Waals surface area contributed by atoms with E-state index >= 15 is 0 Å². The predicted molar refractivity (Wildman–Crippen MR) is 104 cm³/mol. The minimum Gasteiger partial charge on any atom is -0.490 e. The maximum Gasteiger partial charge on any atom is 0.340 e. The molecule has 0 spiro atoms. The third-order valence-corrected chi connectivity index (χ3v) is 3.58. The molecule has 7 nitrogen and oxygen atoms in total. The first kappa shape index (κ1) is 20.1. The molecule has 0 aromatic heterocycles. The van der Waals surface area contributed by atoms with Crippen LogP contribution < -0.4 is 20.1 Å². The van der Waals surface area contributed by atoms with Gasteiger partial charge in [0.15, 0.2) is 18.1 Å². The number of hydrogen-bond donors (Lipinski definition) is 2. The van der Waals surface area contributed by atoms with Crippen LogP contribution in [-0.2, 0) is 9.53 Å². The molecule has 0 aliphatic heterocycles. The van der Waals surface area contributed by atoms with Crippen molar-refractivity contribution in [1.82, 2.24) is 0 Å². The Hall–Kier alpha value is -3.22. The zero-order valence-electron chi connectivity index (χ0n) is 15.7. The summed E-state index contributed by atoms with van der Waals surface area (Å²) >= 11 is 0. The van der Waals surface area contributed by atoms with Crippen molar-refractivity contribution in [3.63, 3.8) is 0 Å². The van der Waals surface area contributed by atoms with Gasteiger partial charge in [0.25, 0.3) is 5.91 Å². The molecular formula is C20H24N2O5. The first-order valence-corrected chi connectivity index (χ1v) is 8.72. The highest BCUT2D eigenvalue weighted by atomic mass is 16.5. The quantitative estimate of drug-likeness (QED) is 0.657. The number of esters is 1. The standard InChI is InChI=1S/C20H24N2O5/c1-4-25-17-11-10-14(12-18(17)26-5-2)22-19(23)13-27-20(24)15-8-6-7-9-16(15)21-3/h6-12,21H,4-5,13H2,1-3H3,(H,22,23). The van der Waals surface area contributed by atoms with Crippen LogP contribution in [0.15, 0.2) is 42.5 Å². The van der Waals surface area contributed by atoms with Crippen LogP contribution in [0.2, 0.25) is 0 Å². The lowest BCUT2D eigenvalue weighted by Gasteiger charge is -2.13. The van der Waals surface area contributed by atoms with E-state index in [-0.39, 0.29) is 0 Å². The molecule has 0 saturated heterocycles. The molecule has 0 aliphatic carbocycles. The highest BCUT2D eigenvalue weighted by molar-refractivity contribution is 5.98. The van der Waals surface area contributed by atoms with Crippen molar-refractivity contribution in [2.75, 3.05) is 37.5 Å². The van der Waals surface area contributed by atoms with Crippen LogP contribution in [0.1, 0.15) is 24.2 Å². The van der Waals surface area contributed by atoms with E-state index in [0.29, 0.717) is 41.7 Å². The van der Waals surface area contributed by atoms with Gasteiger partial charge in [-0.15, -0.1) is 0 Å². The number of ether oxygens (including phenoxy) is 3. The molecule has 1 amide bonds. The predicted octanol–water partition coefficient (Wildman–Crippen LogP) is 3.32. The van der Waals surface area contributed by atoms with Gasteiger partial charge in [-0.3, -0.25) is 4.79 Å². The van der Waals surface area contributed by atoms with Crippen LogP contribution in [0.3, 0.4) is 0 Å². The minimum atomic E-state index is -0.572. The van der Waals surface area contributed by atoms with Crippen molar-refractivity contribution in [1.29, 1.82) is 0 Å². The topological polar surface area (TPSA) is 85.9 Å². The Morgan fingerprint density at radius 3 is 2.37 bits per heavy atom. The zero-order chi connectivity index (χ0) is 19.6. The van der Waals surface area contributed by atoms with E-state index in [0.717, 1.165) is 0 Å². The highest BCUT2D eigenvalue weighted by Gasteiger charge is 2.14. The van der Waals surface area contributed by atoms with Crippen LogP contribution >= 0.6 is 0 Å². The van der Waals surface area contributed by atoms with Gasteiger partial charge in [0.05, 0.1) is 18.8 Å². The van der Waals surface area contributed by atoms with Crippen molar-refractivity contribution in [2.24, 2.45) is 0 Å². The average Bonchev–Trinajstić information content (AvgIpc) is 2.68. The average molecular weight is 372 g/mol. The summed E-state index contributed by atoms with van der Waals surface area (Å²) in [5.41, 5.74) is 1.53. The maximum atomic E-state index is 12.2. The lowest BCUT2D eigenvalue weighted by molar-refractivity contribution is -0.119. The van der Waals surface area contributed by atoms with E-state index in [4.69, 9.17) is 14.2 Å². The molecule has 0 unspecified atom stereocenters. The Kier molecular flexibility index (Phi) is 7.49.